The van der Waals surface area contributed by atoms with E-state index in [1.165, 1.54) is 0 Å². The highest BCUT2D eigenvalue weighted by Crippen LogP contribution is 2.41. The number of ether oxygens (including phenoxy) is 2. The van der Waals surface area contributed by atoms with Crippen molar-refractivity contribution in [2.45, 2.75) is 83.8 Å². The first-order valence-corrected chi connectivity index (χ1v) is 16.3. The van der Waals surface area contributed by atoms with Gasteiger partial charge in [0, 0.05) is 32.2 Å². The summed E-state index contributed by atoms with van der Waals surface area (Å²) in [5.74, 6) is -0.175. The zero-order valence-corrected chi connectivity index (χ0v) is 25.7. The minimum atomic E-state index is -2.10. The Bertz CT molecular complexity index is 967. The number of rotatable bonds is 10. The van der Waals surface area contributed by atoms with Crippen LogP contribution >= 0.6 is 0 Å². The molecule has 0 bridgehead atoms. The highest BCUT2D eigenvalue weighted by molar-refractivity contribution is 6.74. The van der Waals surface area contributed by atoms with E-state index in [2.05, 4.69) is 47.0 Å². The van der Waals surface area contributed by atoms with Crippen molar-refractivity contribution >= 4 is 20.5 Å². The third-order valence-corrected chi connectivity index (χ3v) is 12.0. The largest absolute Gasteiger partial charge is 0.445 e. The molecule has 212 valence electrons. The highest BCUT2D eigenvalue weighted by atomic mass is 28.4. The van der Waals surface area contributed by atoms with Gasteiger partial charge in [0.15, 0.2) is 8.32 Å². The Morgan fingerprint density at radius 1 is 1.11 bits per heavy atom. The second kappa shape index (κ2) is 12.5. The Labute approximate surface area is 230 Å². The van der Waals surface area contributed by atoms with Crippen molar-refractivity contribution in [1.29, 1.82) is 0 Å². The first-order chi connectivity index (χ1) is 17.6. The van der Waals surface area contributed by atoms with E-state index in [0.29, 0.717) is 19.6 Å². The van der Waals surface area contributed by atoms with Crippen LogP contribution in [0, 0.1) is 5.92 Å². The standard InChI is InChI=1S/C30H48N2O5Si/c1-11-18-30(32(19-12-2)27(34)35-21-24-16-14-13-15-17-24)23-31(26(33)37-28(3,4)5)20-25(30)22-36-38(9,10)29(6,7)8/h11-17,25H,1-2,18-23H2,3-10H3/t25-,30-/m1/s1. The van der Waals surface area contributed by atoms with Gasteiger partial charge in [-0.15, -0.1) is 13.2 Å². The Balaban J connectivity index is 2.45. The third-order valence-electron chi connectivity index (χ3n) is 7.54. The van der Waals surface area contributed by atoms with E-state index >= 15 is 0 Å². The van der Waals surface area contributed by atoms with Gasteiger partial charge in [-0.2, -0.15) is 0 Å². The average Bonchev–Trinajstić information content (AvgIpc) is 3.18. The highest BCUT2D eigenvalue weighted by Gasteiger charge is 2.54. The third kappa shape index (κ3) is 7.96. The summed E-state index contributed by atoms with van der Waals surface area (Å²) in [7, 11) is -2.10. The summed E-state index contributed by atoms with van der Waals surface area (Å²) in [6.45, 7) is 26.0. The second-order valence-corrected chi connectivity index (χ2v) is 17.5. The van der Waals surface area contributed by atoms with Gasteiger partial charge >= 0.3 is 12.2 Å². The molecule has 0 N–H and O–H groups in total. The molecule has 1 fully saturated rings. The van der Waals surface area contributed by atoms with E-state index in [1.54, 1.807) is 22.0 Å². The maximum atomic E-state index is 13.6. The molecular weight excluding hydrogens is 496 g/mol. The molecule has 2 atom stereocenters. The Morgan fingerprint density at radius 2 is 1.74 bits per heavy atom. The fraction of sp³-hybridized carbons (Fsp3) is 0.600. The monoisotopic (exact) mass is 544 g/mol. The fourth-order valence-electron chi connectivity index (χ4n) is 4.42. The number of benzene rings is 1. The van der Waals surface area contributed by atoms with Crippen LogP contribution in [0.3, 0.4) is 0 Å². The van der Waals surface area contributed by atoms with E-state index < -0.39 is 31.6 Å². The molecule has 0 spiro atoms. The van der Waals surface area contributed by atoms with Crippen molar-refractivity contribution in [2.75, 3.05) is 26.2 Å². The summed E-state index contributed by atoms with van der Waals surface area (Å²) in [5, 5.41) is 0.0208. The number of amides is 2. The summed E-state index contributed by atoms with van der Waals surface area (Å²) in [4.78, 5) is 30.2. The maximum absolute atomic E-state index is 13.6. The lowest BCUT2D eigenvalue weighted by molar-refractivity contribution is 0.0179. The molecule has 0 saturated carbocycles. The quantitative estimate of drug-likeness (QED) is 0.234. The van der Waals surface area contributed by atoms with E-state index in [0.717, 1.165) is 5.56 Å². The lowest BCUT2D eigenvalue weighted by Crippen LogP contribution is -2.58. The molecule has 8 heteroatoms. The van der Waals surface area contributed by atoms with Crippen molar-refractivity contribution < 1.29 is 23.5 Å². The molecule has 1 aliphatic heterocycles. The van der Waals surface area contributed by atoms with Crippen LogP contribution in [0.5, 0.6) is 0 Å². The molecule has 2 rings (SSSR count). The Kier molecular flexibility index (Phi) is 10.4. The number of nitrogens with zero attached hydrogens (tertiary/aromatic N) is 2. The van der Waals surface area contributed by atoms with Crippen LogP contribution in [0.25, 0.3) is 0 Å². The first-order valence-electron chi connectivity index (χ1n) is 13.4. The van der Waals surface area contributed by atoms with Gasteiger partial charge in [0.1, 0.15) is 12.2 Å². The van der Waals surface area contributed by atoms with Crippen LogP contribution in [0.4, 0.5) is 9.59 Å². The van der Waals surface area contributed by atoms with Crippen LogP contribution in [0.1, 0.15) is 53.5 Å². The fourth-order valence-corrected chi connectivity index (χ4v) is 5.47. The molecule has 2 amide bonds. The van der Waals surface area contributed by atoms with Gasteiger partial charge in [0.2, 0.25) is 0 Å². The van der Waals surface area contributed by atoms with Crippen LogP contribution in [0.15, 0.2) is 55.6 Å². The number of hydrogen-bond donors (Lipinski definition) is 0. The SMILES string of the molecule is C=CCN(C(=O)OCc1ccccc1)[C@]1(CC=C)CN(C(=O)OC(C)(C)C)C[C@@H]1CO[Si](C)(C)C(C)(C)C. The molecule has 1 aromatic rings. The van der Waals surface area contributed by atoms with Crippen LogP contribution in [-0.2, 0) is 20.5 Å². The summed E-state index contributed by atoms with van der Waals surface area (Å²) in [6, 6.07) is 9.58. The van der Waals surface area contributed by atoms with E-state index in [4.69, 9.17) is 13.9 Å². The summed E-state index contributed by atoms with van der Waals surface area (Å²) in [5.41, 5.74) is -0.524. The van der Waals surface area contributed by atoms with Crippen LogP contribution in [-0.4, -0.2) is 67.7 Å². The molecule has 1 saturated heterocycles. The summed E-state index contributed by atoms with van der Waals surface area (Å²) >= 11 is 0. The van der Waals surface area contributed by atoms with Crippen LogP contribution < -0.4 is 0 Å². The molecule has 7 nitrogen and oxygen atoms in total. The van der Waals surface area contributed by atoms with Gasteiger partial charge in [0.25, 0.3) is 0 Å². The first kappa shape index (κ1) is 31.6. The Morgan fingerprint density at radius 3 is 2.26 bits per heavy atom. The number of likely N-dealkylation sites (tertiary alicyclic amines) is 1. The minimum Gasteiger partial charge on any atom is -0.445 e. The van der Waals surface area contributed by atoms with Crippen molar-refractivity contribution in [3.05, 3.63) is 61.2 Å². The van der Waals surface area contributed by atoms with Crippen molar-refractivity contribution in [1.82, 2.24) is 9.80 Å². The second-order valence-electron chi connectivity index (χ2n) is 12.7. The molecule has 0 radical (unpaired) electrons. The van der Waals surface area contributed by atoms with Gasteiger partial charge in [-0.25, -0.2) is 9.59 Å². The molecule has 1 aromatic carbocycles. The number of carbonyl (C=O) groups is 2. The zero-order valence-electron chi connectivity index (χ0n) is 24.7. The van der Waals surface area contributed by atoms with Gasteiger partial charge < -0.3 is 18.8 Å². The molecular formula is C30H48N2O5Si. The number of carbonyl (C=O) groups excluding carboxylic acids is 2. The van der Waals surface area contributed by atoms with Gasteiger partial charge in [-0.05, 0) is 50.9 Å². The average molecular weight is 545 g/mol. The molecule has 1 aliphatic rings. The van der Waals surface area contributed by atoms with Crippen molar-refractivity contribution in [3.63, 3.8) is 0 Å². The van der Waals surface area contributed by atoms with Crippen LogP contribution in [0.2, 0.25) is 18.1 Å². The minimum absolute atomic E-state index is 0.0208. The van der Waals surface area contributed by atoms with Gasteiger partial charge in [-0.3, -0.25) is 4.90 Å². The summed E-state index contributed by atoms with van der Waals surface area (Å²) < 4.78 is 18.2. The predicted octanol–water partition coefficient (Wildman–Crippen LogP) is 7.01. The van der Waals surface area contributed by atoms with E-state index in [-0.39, 0.29) is 30.7 Å². The topological polar surface area (TPSA) is 68.3 Å². The Hall–Kier alpha value is -2.58. The lowest BCUT2D eigenvalue weighted by atomic mass is 9.82. The van der Waals surface area contributed by atoms with Gasteiger partial charge in [0.05, 0.1) is 5.54 Å². The lowest BCUT2D eigenvalue weighted by Gasteiger charge is -2.44. The smallest absolute Gasteiger partial charge is 0.410 e. The molecule has 0 aliphatic carbocycles. The normalized spacial score (nSPS) is 20.1. The predicted molar refractivity (Wildman–Crippen MR) is 156 cm³/mol. The zero-order chi connectivity index (χ0) is 28.8. The number of hydrogen-bond acceptors (Lipinski definition) is 5. The van der Waals surface area contributed by atoms with Crippen molar-refractivity contribution in [3.8, 4) is 0 Å². The molecule has 38 heavy (non-hydrogen) atoms. The molecule has 1 heterocycles. The van der Waals surface area contributed by atoms with Gasteiger partial charge in [-0.1, -0.05) is 63.3 Å². The van der Waals surface area contributed by atoms with E-state index in [1.807, 2.05) is 51.1 Å². The summed E-state index contributed by atoms with van der Waals surface area (Å²) in [6.07, 6.45) is 3.09. The van der Waals surface area contributed by atoms with Crippen molar-refractivity contribution in [2.24, 2.45) is 5.92 Å². The van der Waals surface area contributed by atoms with E-state index in [9.17, 15) is 9.59 Å². The molecule has 0 unspecified atom stereocenters. The molecule has 0 aromatic heterocycles. The maximum Gasteiger partial charge on any atom is 0.410 e.